The molecule has 2 aliphatic rings. The lowest BCUT2D eigenvalue weighted by atomic mass is 10.1. The van der Waals surface area contributed by atoms with Gasteiger partial charge in [-0.15, -0.1) is 0 Å². The van der Waals surface area contributed by atoms with E-state index in [1.807, 2.05) is 0 Å². The van der Waals surface area contributed by atoms with Gasteiger partial charge in [0.1, 0.15) is 11.9 Å². The highest BCUT2D eigenvalue weighted by Gasteiger charge is 2.30. The average Bonchev–Trinajstić information content (AvgIpc) is 3.64. The van der Waals surface area contributed by atoms with Gasteiger partial charge in [-0.3, -0.25) is 0 Å². The fraction of sp³-hybridized carbons (Fsp3) is 0.565. The van der Waals surface area contributed by atoms with Crippen LogP contribution in [0.1, 0.15) is 49.8 Å². The second kappa shape index (κ2) is 11.0. The van der Waals surface area contributed by atoms with Crippen molar-refractivity contribution in [3.05, 3.63) is 40.3 Å². The minimum Gasteiger partial charge on any atom is -0.480 e. The number of carboxylic acid groups (broad SMARTS) is 1. The summed E-state index contributed by atoms with van der Waals surface area (Å²) >= 11 is 3.29. The van der Waals surface area contributed by atoms with Crippen molar-refractivity contribution in [2.45, 2.75) is 63.5 Å². The number of nitrogens with zero attached hydrogens (tertiary/aromatic N) is 4. The Morgan fingerprint density at radius 3 is 2.81 bits per heavy atom. The molecular weight excluding hydrogens is 472 g/mol. The van der Waals surface area contributed by atoms with Gasteiger partial charge in [0.25, 0.3) is 0 Å². The van der Waals surface area contributed by atoms with E-state index < -0.39 is 12.0 Å². The average molecular weight is 503 g/mol. The number of pyridine rings is 1. The number of rotatable bonds is 12. The molecule has 4 rings (SSSR count). The zero-order valence-corrected chi connectivity index (χ0v) is 19.9. The topological polar surface area (TPSA) is 103 Å². The number of unbranched alkanes of at least 4 members (excludes halogenated alkanes) is 1. The fourth-order valence-electron chi connectivity index (χ4n) is 4.14. The van der Waals surface area contributed by atoms with E-state index >= 15 is 0 Å². The lowest BCUT2D eigenvalue weighted by molar-refractivity contribution is -0.138. The summed E-state index contributed by atoms with van der Waals surface area (Å²) in [6, 6.07) is 4.27. The van der Waals surface area contributed by atoms with E-state index in [1.165, 1.54) is 24.8 Å². The molecule has 0 unspecified atom stereocenters. The van der Waals surface area contributed by atoms with Crippen LogP contribution in [0.3, 0.4) is 0 Å². The van der Waals surface area contributed by atoms with E-state index in [0.717, 1.165) is 61.3 Å². The Kier molecular flexibility index (Phi) is 7.91. The third-order valence-electron chi connectivity index (χ3n) is 6.07. The van der Waals surface area contributed by atoms with Crippen molar-refractivity contribution in [2.75, 3.05) is 30.3 Å². The van der Waals surface area contributed by atoms with E-state index in [-0.39, 0.29) is 0 Å². The summed E-state index contributed by atoms with van der Waals surface area (Å²) in [5.74, 6) is 0.528. The molecule has 1 aliphatic heterocycles. The van der Waals surface area contributed by atoms with Crippen LogP contribution in [0, 0.1) is 0 Å². The SMILES string of the molecule is O=C(O)[C@H](CCN(CCCCc1ccc2c(n1)NCCC2)C1CC1)Nc1ncc(Br)cn1. The number of aromatic nitrogens is 3. The maximum absolute atomic E-state index is 11.7. The van der Waals surface area contributed by atoms with E-state index in [0.29, 0.717) is 18.4 Å². The molecule has 172 valence electrons. The first kappa shape index (κ1) is 22.9. The number of carbonyl (C=O) groups is 1. The number of hydrogen-bond acceptors (Lipinski definition) is 7. The van der Waals surface area contributed by atoms with Gasteiger partial charge in [-0.1, -0.05) is 6.07 Å². The molecule has 8 nitrogen and oxygen atoms in total. The molecule has 1 fully saturated rings. The molecule has 2 aromatic heterocycles. The van der Waals surface area contributed by atoms with Crippen LogP contribution >= 0.6 is 15.9 Å². The van der Waals surface area contributed by atoms with Crippen LogP contribution in [-0.4, -0.2) is 62.6 Å². The summed E-state index contributed by atoms with van der Waals surface area (Å²) in [4.78, 5) is 27.2. The number of halogens is 1. The lowest BCUT2D eigenvalue weighted by Crippen LogP contribution is -2.36. The minimum absolute atomic E-state index is 0.339. The largest absolute Gasteiger partial charge is 0.480 e. The van der Waals surface area contributed by atoms with Crippen LogP contribution in [0.4, 0.5) is 11.8 Å². The molecule has 2 aromatic rings. The smallest absolute Gasteiger partial charge is 0.326 e. The summed E-state index contributed by atoms with van der Waals surface area (Å²) in [7, 11) is 0. The molecule has 3 heterocycles. The third-order valence-corrected chi connectivity index (χ3v) is 6.48. The van der Waals surface area contributed by atoms with Gasteiger partial charge in [-0.2, -0.15) is 0 Å². The van der Waals surface area contributed by atoms with Gasteiger partial charge >= 0.3 is 5.97 Å². The maximum Gasteiger partial charge on any atom is 0.326 e. The van der Waals surface area contributed by atoms with Crippen LogP contribution < -0.4 is 10.6 Å². The number of carboxylic acids is 1. The number of nitrogens with one attached hydrogen (secondary N) is 2. The highest BCUT2D eigenvalue weighted by molar-refractivity contribution is 9.10. The number of aryl methyl sites for hydroxylation is 2. The van der Waals surface area contributed by atoms with Crippen molar-refractivity contribution in [1.29, 1.82) is 0 Å². The second-order valence-corrected chi connectivity index (χ2v) is 9.53. The van der Waals surface area contributed by atoms with Crippen molar-refractivity contribution < 1.29 is 9.90 Å². The van der Waals surface area contributed by atoms with Crippen molar-refractivity contribution in [3.63, 3.8) is 0 Å². The molecule has 3 N–H and O–H groups in total. The van der Waals surface area contributed by atoms with Crippen LogP contribution in [-0.2, 0) is 17.6 Å². The number of anilines is 2. The summed E-state index contributed by atoms with van der Waals surface area (Å²) in [6.07, 6.45) is 11.6. The Morgan fingerprint density at radius 1 is 1.25 bits per heavy atom. The van der Waals surface area contributed by atoms with Gasteiger partial charge in [0.05, 0.1) is 4.47 Å². The van der Waals surface area contributed by atoms with E-state index in [9.17, 15) is 9.90 Å². The second-order valence-electron chi connectivity index (χ2n) is 8.61. The molecule has 0 bridgehead atoms. The molecule has 9 heteroatoms. The van der Waals surface area contributed by atoms with Gasteiger partial charge in [-0.25, -0.2) is 19.7 Å². The predicted molar refractivity (Wildman–Crippen MR) is 128 cm³/mol. The van der Waals surface area contributed by atoms with Gasteiger partial charge < -0.3 is 20.6 Å². The van der Waals surface area contributed by atoms with E-state index in [4.69, 9.17) is 4.98 Å². The Bertz CT molecular complexity index is 906. The lowest BCUT2D eigenvalue weighted by Gasteiger charge is -2.24. The monoisotopic (exact) mass is 502 g/mol. The third kappa shape index (κ3) is 6.62. The summed E-state index contributed by atoms with van der Waals surface area (Å²) < 4.78 is 0.761. The molecule has 0 spiro atoms. The zero-order chi connectivity index (χ0) is 22.3. The highest BCUT2D eigenvalue weighted by atomic mass is 79.9. The zero-order valence-electron chi connectivity index (χ0n) is 18.3. The van der Waals surface area contributed by atoms with Crippen molar-refractivity contribution in [2.24, 2.45) is 0 Å². The molecule has 32 heavy (non-hydrogen) atoms. The number of fused-ring (bicyclic) bond motifs is 1. The first-order chi connectivity index (χ1) is 15.6. The summed E-state index contributed by atoms with van der Waals surface area (Å²) in [6.45, 7) is 2.76. The molecule has 0 saturated heterocycles. The van der Waals surface area contributed by atoms with E-state index in [2.05, 4.69) is 53.6 Å². The van der Waals surface area contributed by atoms with Gasteiger partial charge in [0.15, 0.2) is 0 Å². The molecule has 1 saturated carbocycles. The molecule has 0 radical (unpaired) electrons. The van der Waals surface area contributed by atoms with Crippen LogP contribution in [0.5, 0.6) is 0 Å². The Labute approximate surface area is 197 Å². The van der Waals surface area contributed by atoms with Crippen molar-refractivity contribution >= 4 is 33.7 Å². The van der Waals surface area contributed by atoms with Crippen molar-refractivity contribution in [3.8, 4) is 0 Å². The molecule has 0 amide bonds. The van der Waals surface area contributed by atoms with Gasteiger partial charge in [0.2, 0.25) is 5.95 Å². The minimum atomic E-state index is -0.876. The Morgan fingerprint density at radius 2 is 2.06 bits per heavy atom. The normalized spacial score (nSPS) is 16.3. The summed E-state index contributed by atoms with van der Waals surface area (Å²) in [5.41, 5.74) is 2.48. The quantitative estimate of drug-likeness (QED) is 0.377. The van der Waals surface area contributed by atoms with Crippen LogP contribution in [0.25, 0.3) is 0 Å². The number of hydrogen-bond donors (Lipinski definition) is 3. The standard InChI is InChI=1S/C23H31BrN6O2/c24-17-14-26-23(27-15-17)29-20(22(31)32)10-13-30(19-8-9-19)12-2-1-5-18-7-6-16-4-3-11-25-21(16)28-18/h6-7,14-15,19-20H,1-5,8-13H2,(H,25,28)(H,31,32)(H,26,27,29)/t20-/m0/s1. The summed E-state index contributed by atoms with van der Waals surface area (Å²) in [5, 5.41) is 16.0. The first-order valence-corrected chi connectivity index (χ1v) is 12.3. The maximum atomic E-state index is 11.7. The van der Waals surface area contributed by atoms with Gasteiger partial charge in [-0.05, 0) is 85.5 Å². The van der Waals surface area contributed by atoms with Crippen LogP contribution in [0.2, 0.25) is 0 Å². The van der Waals surface area contributed by atoms with E-state index in [1.54, 1.807) is 12.4 Å². The van der Waals surface area contributed by atoms with Gasteiger partial charge in [0, 0.05) is 37.2 Å². The molecule has 0 aromatic carbocycles. The Balaban J connectivity index is 1.23. The number of aliphatic carboxylic acids is 1. The molecule has 1 aliphatic carbocycles. The molecular formula is C23H31BrN6O2. The first-order valence-electron chi connectivity index (χ1n) is 11.5. The molecule has 1 atom stereocenters. The predicted octanol–water partition coefficient (Wildman–Crippen LogP) is 3.73. The fourth-order valence-corrected chi connectivity index (χ4v) is 4.35. The van der Waals surface area contributed by atoms with Crippen LogP contribution in [0.15, 0.2) is 29.0 Å². The highest BCUT2D eigenvalue weighted by Crippen LogP contribution is 2.28. The van der Waals surface area contributed by atoms with Crippen molar-refractivity contribution in [1.82, 2.24) is 19.9 Å². The Hall–Kier alpha value is -2.26.